The second-order valence-corrected chi connectivity index (χ2v) is 4.15. The number of hydrogen-bond donors (Lipinski definition) is 1. The average molecular weight is 251 g/mol. The Morgan fingerprint density at radius 1 is 1.24 bits per heavy atom. The first-order chi connectivity index (χ1) is 8.18. The van der Waals surface area contributed by atoms with Crippen molar-refractivity contribution in [1.29, 1.82) is 0 Å². The molecule has 1 heterocycles. The van der Waals surface area contributed by atoms with Crippen LogP contribution in [-0.4, -0.2) is 4.98 Å². The molecule has 1 aromatic carbocycles. The highest BCUT2D eigenvalue weighted by molar-refractivity contribution is 6.33. The van der Waals surface area contributed by atoms with Gasteiger partial charge in [0.05, 0.1) is 10.7 Å². The topological polar surface area (TPSA) is 24.9 Å². The molecule has 88 valence electrons. The zero-order chi connectivity index (χ0) is 12.3. The highest BCUT2D eigenvalue weighted by Crippen LogP contribution is 2.28. The van der Waals surface area contributed by atoms with Gasteiger partial charge in [0.25, 0.3) is 0 Å². The summed E-state index contributed by atoms with van der Waals surface area (Å²) in [7, 11) is 0. The van der Waals surface area contributed by atoms with Gasteiger partial charge in [0, 0.05) is 18.4 Å². The van der Waals surface area contributed by atoms with Crippen molar-refractivity contribution in [2.75, 3.05) is 5.32 Å². The molecule has 0 saturated heterocycles. The monoisotopic (exact) mass is 250 g/mol. The van der Waals surface area contributed by atoms with E-state index in [-0.39, 0.29) is 11.9 Å². The fraction of sp³-hybridized carbons (Fsp3) is 0.154. The Balaban J connectivity index is 2.22. The van der Waals surface area contributed by atoms with E-state index in [2.05, 4.69) is 10.3 Å². The maximum atomic E-state index is 13.6. The molecule has 0 spiro atoms. The van der Waals surface area contributed by atoms with E-state index < -0.39 is 0 Å². The first kappa shape index (κ1) is 11.9. The number of nitrogens with zero attached hydrogens (tertiary/aromatic N) is 1. The fourth-order valence-electron chi connectivity index (χ4n) is 1.59. The third-order valence-corrected chi connectivity index (χ3v) is 2.84. The Hall–Kier alpha value is -1.61. The SMILES string of the molecule is CC(Nc1c(F)cccc1Cl)c1ccncc1. The number of hydrogen-bond acceptors (Lipinski definition) is 2. The summed E-state index contributed by atoms with van der Waals surface area (Å²) in [4.78, 5) is 3.94. The third kappa shape index (κ3) is 2.74. The summed E-state index contributed by atoms with van der Waals surface area (Å²) < 4.78 is 13.6. The van der Waals surface area contributed by atoms with Gasteiger partial charge in [-0.05, 0) is 36.8 Å². The number of halogens is 2. The van der Waals surface area contributed by atoms with Crippen molar-refractivity contribution in [3.05, 3.63) is 59.1 Å². The van der Waals surface area contributed by atoms with E-state index in [1.165, 1.54) is 6.07 Å². The molecular weight excluding hydrogens is 239 g/mol. The van der Waals surface area contributed by atoms with Crippen molar-refractivity contribution < 1.29 is 4.39 Å². The average Bonchev–Trinajstić information content (AvgIpc) is 2.35. The van der Waals surface area contributed by atoms with E-state index in [4.69, 9.17) is 11.6 Å². The van der Waals surface area contributed by atoms with E-state index >= 15 is 0 Å². The van der Waals surface area contributed by atoms with Gasteiger partial charge >= 0.3 is 0 Å². The first-order valence-corrected chi connectivity index (χ1v) is 5.67. The summed E-state index contributed by atoms with van der Waals surface area (Å²) in [6, 6.07) is 8.35. The molecule has 0 bridgehead atoms. The van der Waals surface area contributed by atoms with Gasteiger partial charge in [-0.3, -0.25) is 4.98 Å². The molecule has 1 aromatic heterocycles. The standard InChI is InChI=1S/C13H12ClFN2/c1-9(10-5-7-16-8-6-10)17-13-11(14)3-2-4-12(13)15/h2-9,17H,1H3. The van der Waals surface area contributed by atoms with Crippen LogP contribution in [-0.2, 0) is 0 Å². The zero-order valence-electron chi connectivity index (χ0n) is 9.32. The molecular formula is C13H12ClFN2. The highest BCUT2D eigenvalue weighted by atomic mass is 35.5. The number of anilines is 1. The van der Waals surface area contributed by atoms with Crippen molar-refractivity contribution in [2.45, 2.75) is 13.0 Å². The van der Waals surface area contributed by atoms with E-state index in [0.717, 1.165) is 5.56 Å². The fourth-order valence-corrected chi connectivity index (χ4v) is 1.81. The lowest BCUT2D eigenvalue weighted by molar-refractivity contribution is 0.627. The van der Waals surface area contributed by atoms with Gasteiger partial charge in [-0.25, -0.2) is 4.39 Å². The van der Waals surface area contributed by atoms with Crippen molar-refractivity contribution in [3.8, 4) is 0 Å². The Labute approximate surface area is 104 Å². The largest absolute Gasteiger partial charge is 0.375 e. The molecule has 0 saturated carbocycles. The molecule has 2 aromatic rings. The maximum Gasteiger partial charge on any atom is 0.147 e. The minimum atomic E-state index is -0.349. The van der Waals surface area contributed by atoms with Crippen molar-refractivity contribution in [1.82, 2.24) is 4.98 Å². The summed E-state index contributed by atoms with van der Waals surface area (Å²) in [5.41, 5.74) is 1.36. The lowest BCUT2D eigenvalue weighted by Crippen LogP contribution is -2.08. The molecule has 0 fully saturated rings. The summed E-state index contributed by atoms with van der Waals surface area (Å²) in [5.74, 6) is -0.349. The van der Waals surface area contributed by atoms with Gasteiger partial charge in [0.15, 0.2) is 0 Å². The van der Waals surface area contributed by atoms with Crippen LogP contribution in [0.5, 0.6) is 0 Å². The van der Waals surface area contributed by atoms with Crippen LogP contribution in [0, 0.1) is 5.82 Å². The van der Waals surface area contributed by atoms with Crippen LogP contribution in [0.3, 0.4) is 0 Å². The van der Waals surface area contributed by atoms with E-state index in [9.17, 15) is 4.39 Å². The van der Waals surface area contributed by atoms with Crippen LogP contribution >= 0.6 is 11.6 Å². The summed E-state index contributed by atoms with van der Waals surface area (Å²) in [5, 5.41) is 3.44. The molecule has 0 amide bonds. The van der Waals surface area contributed by atoms with Crippen LogP contribution in [0.1, 0.15) is 18.5 Å². The number of para-hydroxylation sites is 1. The van der Waals surface area contributed by atoms with Gasteiger partial charge in [0.2, 0.25) is 0 Å². The predicted octanol–water partition coefficient (Wildman–Crippen LogP) is 4.05. The Morgan fingerprint density at radius 2 is 1.94 bits per heavy atom. The molecule has 1 unspecified atom stereocenters. The second kappa shape index (κ2) is 5.15. The summed E-state index contributed by atoms with van der Waals surface area (Å²) in [6.07, 6.45) is 3.41. The lowest BCUT2D eigenvalue weighted by Gasteiger charge is -2.17. The van der Waals surface area contributed by atoms with Crippen molar-refractivity contribution >= 4 is 17.3 Å². The molecule has 1 atom stereocenters. The minimum absolute atomic E-state index is 0.0348. The van der Waals surface area contributed by atoms with Gasteiger partial charge in [-0.2, -0.15) is 0 Å². The van der Waals surface area contributed by atoms with Crippen molar-refractivity contribution in [3.63, 3.8) is 0 Å². The van der Waals surface area contributed by atoms with Gasteiger partial charge in [-0.15, -0.1) is 0 Å². The number of benzene rings is 1. The Morgan fingerprint density at radius 3 is 2.59 bits per heavy atom. The smallest absolute Gasteiger partial charge is 0.147 e. The molecule has 2 nitrogen and oxygen atoms in total. The second-order valence-electron chi connectivity index (χ2n) is 3.74. The van der Waals surface area contributed by atoms with E-state index in [1.807, 2.05) is 19.1 Å². The molecule has 17 heavy (non-hydrogen) atoms. The molecule has 0 aliphatic rings. The maximum absolute atomic E-state index is 13.6. The summed E-state index contributed by atoms with van der Waals surface area (Å²) in [6.45, 7) is 1.94. The van der Waals surface area contributed by atoms with Crippen LogP contribution in [0.25, 0.3) is 0 Å². The zero-order valence-corrected chi connectivity index (χ0v) is 10.1. The normalized spacial score (nSPS) is 12.2. The van der Waals surface area contributed by atoms with Crippen LogP contribution in [0.4, 0.5) is 10.1 Å². The van der Waals surface area contributed by atoms with Gasteiger partial charge in [0.1, 0.15) is 5.82 Å². The molecule has 4 heteroatoms. The van der Waals surface area contributed by atoms with E-state index in [1.54, 1.807) is 24.5 Å². The number of nitrogens with one attached hydrogen (secondary N) is 1. The number of rotatable bonds is 3. The lowest BCUT2D eigenvalue weighted by atomic mass is 10.1. The van der Waals surface area contributed by atoms with Crippen LogP contribution in [0.2, 0.25) is 5.02 Å². The van der Waals surface area contributed by atoms with Gasteiger partial charge in [-0.1, -0.05) is 17.7 Å². The Bertz CT molecular complexity index is 482. The Kier molecular flexibility index (Phi) is 3.59. The molecule has 1 N–H and O–H groups in total. The highest BCUT2D eigenvalue weighted by Gasteiger charge is 2.11. The molecule has 0 aliphatic heterocycles. The number of pyridine rings is 1. The molecule has 0 radical (unpaired) electrons. The van der Waals surface area contributed by atoms with Crippen LogP contribution in [0.15, 0.2) is 42.7 Å². The molecule has 2 rings (SSSR count). The third-order valence-electron chi connectivity index (χ3n) is 2.53. The van der Waals surface area contributed by atoms with E-state index in [0.29, 0.717) is 10.7 Å². The van der Waals surface area contributed by atoms with Crippen molar-refractivity contribution in [2.24, 2.45) is 0 Å². The number of aromatic nitrogens is 1. The minimum Gasteiger partial charge on any atom is -0.375 e. The predicted molar refractivity (Wildman–Crippen MR) is 67.7 cm³/mol. The quantitative estimate of drug-likeness (QED) is 0.889. The van der Waals surface area contributed by atoms with Crippen LogP contribution < -0.4 is 5.32 Å². The first-order valence-electron chi connectivity index (χ1n) is 5.29. The summed E-state index contributed by atoms with van der Waals surface area (Å²) >= 11 is 5.95. The van der Waals surface area contributed by atoms with Gasteiger partial charge < -0.3 is 5.32 Å². The molecule has 0 aliphatic carbocycles.